The minimum absolute atomic E-state index is 0.0172. The number of pyridine rings is 1. The summed E-state index contributed by atoms with van der Waals surface area (Å²) in [4.78, 5) is 13.3. The number of hydrogen-bond acceptors (Lipinski definition) is 6. The first-order valence-electron chi connectivity index (χ1n) is 8.19. The molecule has 3 rings (SSSR count). The fourth-order valence-corrected chi connectivity index (χ4v) is 2.33. The molecule has 1 aromatic carbocycles. The fourth-order valence-electron chi connectivity index (χ4n) is 2.33. The van der Waals surface area contributed by atoms with E-state index in [1.165, 1.54) is 11.1 Å². The Balaban J connectivity index is 1.82. The average molecular weight is 335 g/mol. The number of anilines is 2. The third-order valence-corrected chi connectivity index (χ3v) is 3.64. The van der Waals surface area contributed by atoms with E-state index >= 15 is 0 Å². The maximum Gasteiger partial charge on any atom is 0.225 e. The highest BCUT2D eigenvalue weighted by Gasteiger charge is 2.07. The molecule has 25 heavy (non-hydrogen) atoms. The third kappa shape index (κ3) is 4.74. The minimum Gasteiger partial charge on any atom is -0.395 e. The van der Waals surface area contributed by atoms with Gasteiger partial charge in [-0.25, -0.2) is 4.98 Å². The fraction of sp³-hybridized carbons (Fsp3) is 0.211. The van der Waals surface area contributed by atoms with Crippen molar-refractivity contribution >= 4 is 11.8 Å². The van der Waals surface area contributed by atoms with Gasteiger partial charge in [0, 0.05) is 25.4 Å². The minimum atomic E-state index is 0.0172. The Morgan fingerprint density at radius 2 is 1.80 bits per heavy atom. The van der Waals surface area contributed by atoms with Gasteiger partial charge in [0.1, 0.15) is 5.82 Å². The normalized spacial score (nSPS) is 10.5. The molecule has 0 atom stereocenters. The van der Waals surface area contributed by atoms with Crippen molar-refractivity contribution in [2.75, 3.05) is 23.8 Å². The van der Waals surface area contributed by atoms with Crippen molar-refractivity contribution in [3.8, 4) is 11.4 Å². The maximum atomic E-state index is 9.01. The molecular formula is C19H21N5O. The van der Waals surface area contributed by atoms with Gasteiger partial charge in [-0.2, -0.15) is 4.98 Å². The van der Waals surface area contributed by atoms with Crippen molar-refractivity contribution in [2.24, 2.45) is 0 Å². The number of aliphatic hydroxyl groups is 1. The van der Waals surface area contributed by atoms with Crippen molar-refractivity contribution in [3.05, 3.63) is 65.9 Å². The molecule has 0 radical (unpaired) electrons. The number of hydrogen-bond donors (Lipinski definition) is 3. The SMILES string of the molecule is Cc1ccc(CNc2cc(-c3ccccn3)nc(NCCO)n2)cc1. The van der Waals surface area contributed by atoms with E-state index in [2.05, 4.69) is 56.8 Å². The number of rotatable bonds is 7. The Morgan fingerprint density at radius 1 is 0.960 bits per heavy atom. The lowest BCUT2D eigenvalue weighted by Crippen LogP contribution is -2.11. The largest absolute Gasteiger partial charge is 0.395 e. The number of benzene rings is 1. The van der Waals surface area contributed by atoms with Gasteiger partial charge in [0.15, 0.2) is 0 Å². The summed E-state index contributed by atoms with van der Waals surface area (Å²) < 4.78 is 0. The van der Waals surface area contributed by atoms with E-state index in [0.717, 1.165) is 11.4 Å². The Labute approximate surface area is 147 Å². The number of nitrogens with zero attached hydrogens (tertiary/aromatic N) is 3. The lowest BCUT2D eigenvalue weighted by molar-refractivity contribution is 0.311. The first-order valence-corrected chi connectivity index (χ1v) is 8.19. The standard InChI is InChI=1S/C19H21N5O/c1-14-5-7-15(8-6-14)13-22-18-12-17(16-4-2-3-9-20-16)23-19(24-18)21-10-11-25/h2-9,12,25H,10-11,13H2,1H3,(H2,21,22,23,24). The molecule has 2 heterocycles. The van der Waals surface area contributed by atoms with Gasteiger partial charge in [0.25, 0.3) is 0 Å². The molecule has 0 unspecified atom stereocenters. The molecule has 0 saturated heterocycles. The lowest BCUT2D eigenvalue weighted by Gasteiger charge is -2.11. The van der Waals surface area contributed by atoms with Crippen LogP contribution in [0.3, 0.4) is 0 Å². The quantitative estimate of drug-likeness (QED) is 0.616. The van der Waals surface area contributed by atoms with Crippen LogP contribution in [-0.4, -0.2) is 33.2 Å². The molecule has 0 aliphatic carbocycles. The summed E-state index contributed by atoms with van der Waals surface area (Å²) >= 11 is 0. The number of aromatic nitrogens is 3. The Bertz CT molecular complexity index is 806. The van der Waals surface area contributed by atoms with Crippen LogP contribution in [0, 0.1) is 6.92 Å². The zero-order valence-electron chi connectivity index (χ0n) is 14.1. The lowest BCUT2D eigenvalue weighted by atomic mass is 10.1. The van der Waals surface area contributed by atoms with Crippen molar-refractivity contribution in [1.82, 2.24) is 15.0 Å². The highest BCUT2D eigenvalue weighted by Crippen LogP contribution is 2.20. The zero-order chi connectivity index (χ0) is 17.5. The molecule has 0 fully saturated rings. The monoisotopic (exact) mass is 335 g/mol. The summed E-state index contributed by atoms with van der Waals surface area (Å²) in [5.41, 5.74) is 3.91. The van der Waals surface area contributed by atoms with Gasteiger partial charge >= 0.3 is 0 Å². The van der Waals surface area contributed by atoms with Gasteiger partial charge in [-0.3, -0.25) is 4.98 Å². The summed E-state index contributed by atoms with van der Waals surface area (Å²) in [5.74, 6) is 1.17. The van der Waals surface area contributed by atoms with E-state index in [-0.39, 0.29) is 6.61 Å². The second-order valence-corrected chi connectivity index (χ2v) is 5.67. The number of nitrogens with one attached hydrogen (secondary N) is 2. The molecule has 3 N–H and O–H groups in total. The van der Waals surface area contributed by atoms with Crippen LogP contribution in [0.25, 0.3) is 11.4 Å². The molecule has 0 saturated carbocycles. The van der Waals surface area contributed by atoms with Gasteiger partial charge in [-0.15, -0.1) is 0 Å². The van der Waals surface area contributed by atoms with E-state index in [9.17, 15) is 0 Å². The first kappa shape index (κ1) is 16.9. The van der Waals surface area contributed by atoms with Crippen molar-refractivity contribution in [1.29, 1.82) is 0 Å². The van der Waals surface area contributed by atoms with Crippen LogP contribution in [0.4, 0.5) is 11.8 Å². The van der Waals surface area contributed by atoms with E-state index < -0.39 is 0 Å². The van der Waals surface area contributed by atoms with Gasteiger partial charge in [-0.1, -0.05) is 35.9 Å². The molecule has 0 aliphatic heterocycles. The summed E-state index contributed by atoms with van der Waals surface area (Å²) in [5, 5.41) is 15.3. The highest BCUT2D eigenvalue weighted by molar-refractivity contribution is 5.61. The van der Waals surface area contributed by atoms with Crippen molar-refractivity contribution in [2.45, 2.75) is 13.5 Å². The molecule has 128 valence electrons. The van der Waals surface area contributed by atoms with Gasteiger partial charge in [0.2, 0.25) is 5.95 Å². The van der Waals surface area contributed by atoms with Crippen LogP contribution in [0.5, 0.6) is 0 Å². The second kappa shape index (κ2) is 8.21. The number of aryl methyl sites for hydroxylation is 1. The van der Waals surface area contributed by atoms with Crippen LogP contribution in [0.1, 0.15) is 11.1 Å². The topological polar surface area (TPSA) is 83.0 Å². The Morgan fingerprint density at radius 3 is 2.52 bits per heavy atom. The van der Waals surface area contributed by atoms with Crippen LogP contribution >= 0.6 is 0 Å². The molecule has 6 heteroatoms. The molecule has 3 aromatic rings. The molecule has 0 spiro atoms. The number of aliphatic hydroxyl groups excluding tert-OH is 1. The van der Waals surface area contributed by atoms with Crippen molar-refractivity contribution in [3.63, 3.8) is 0 Å². The van der Waals surface area contributed by atoms with E-state index in [4.69, 9.17) is 5.11 Å². The van der Waals surface area contributed by atoms with E-state index in [1.54, 1.807) is 6.20 Å². The predicted octanol–water partition coefficient (Wildman–Crippen LogP) is 2.86. The van der Waals surface area contributed by atoms with Crippen molar-refractivity contribution < 1.29 is 5.11 Å². The molecule has 0 bridgehead atoms. The average Bonchev–Trinajstić information content (AvgIpc) is 2.66. The van der Waals surface area contributed by atoms with E-state index in [0.29, 0.717) is 24.9 Å². The van der Waals surface area contributed by atoms with Crippen LogP contribution in [0.15, 0.2) is 54.7 Å². The van der Waals surface area contributed by atoms with Gasteiger partial charge in [-0.05, 0) is 24.6 Å². The van der Waals surface area contributed by atoms with Gasteiger partial charge in [0.05, 0.1) is 18.0 Å². The van der Waals surface area contributed by atoms with Crippen LogP contribution in [-0.2, 0) is 6.54 Å². The second-order valence-electron chi connectivity index (χ2n) is 5.67. The molecular weight excluding hydrogens is 314 g/mol. The summed E-state index contributed by atoms with van der Waals surface area (Å²) in [7, 11) is 0. The molecule has 0 amide bonds. The molecule has 0 aliphatic rings. The summed E-state index contributed by atoms with van der Waals surface area (Å²) in [6.45, 7) is 3.14. The zero-order valence-corrected chi connectivity index (χ0v) is 14.1. The molecule has 6 nitrogen and oxygen atoms in total. The third-order valence-electron chi connectivity index (χ3n) is 3.64. The molecule has 2 aromatic heterocycles. The first-order chi connectivity index (χ1) is 12.2. The van der Waals surface area contributed by atoms with Crippen LogP contribution < -0.4 is 10.6 Å². The van der Waals surface area contributed by atoms with E-state index in [1.807, 2.05) is 24.3 Å². The van der Waals surface area contributed by atoms with Crippen LogP contribution in [0.2, 0.25) is 0 Å². The Kier molecular flexibility index (Phi) is 5.53. The smallest absolute Gasteiger partial charge is 0.225 e. The van der Waals surface area contributed by atoms with Gasteiger partial charge < -0.3 is 15.7 Å². The maximum absolute atomic E-state index is 9.01. The summed E-state index contributed by atoms with van der Waals surface area (Å²) in [6, 6.07) is 15.9. The Hall–Kier alpha value is -2.99. The summed E-state index contributed by atoms with van der Waals surface area (Å²) in [6.07, 6.45) is 1.73. The predicted molar refractivity (Wildman–Crippen MR) is 99.3 cm³/mol. The highest BCUT2D eigenvalue weighted by atomic mass is 16.3.